The Morgan fingerprint density at radius 1 is 1.38 bits per heavy atom. The van der Waals surface area contributed by atoms with E-state index in [0.717, 1.165) is 18.6 Å². The zero-order valence-corrected chi connectivity index (χ0v) is 9.44. The minimum atomic E-state index is -0.366. The summed E-state index contributed by atoms with van der Waals surface area (Å²) in [7, 11) is 1.64. The number of carbonyl (C=O) groups excluding carboxylic acids is 1. The van der Waals surface area contributed by atoms with E-state index in [1.165, 1.54) is 11.6 Å². The first-order valence-electron chi connectivity index (χ1n) is 5.18. The SMILES string of the molecule is C=CC(=O)OCCCc1ccc(OC)cc1. The Bertz CT molecular complexity index is 341. The number of esters is 1. The van der Waals surface area contributed by atoms with Gasteiger partial charge in [0, 0.05) is 6.08 Å². The lowest BCUT2D eigenvalue weighted by Crippen LogP contribution is -2.02. The fourth-order valence-electron chi connectivity index (χ4n) is 1.30. The van der Waals surface area contributed by atoms with E-state index in [-0.39, 0.29) is 5.97 Å². The minimum Gasteiger partial charge on any atom is -0.497 e. The minimum absolute atomic E-state index is 0.366. The summed E-state index contributed by atoms with van der Waals surface area (Å²) >= 11 is 0. The Balaban J connectivity index is 2.26. The van der Waals surface area contributed by atoms with Crippen LogP contribution in [-0.4, -0.2) is 19.7 Å². The smallest absolute Gasteiger partial charge is 0.330 e. The van der Waals surface area contributed by atoms with Gasteiger partial charge in [-0.3, -0.25) is 0 Å². The van der Waals surface area contributed by atoms with Crippen LogP contribution >= 0.6 is 0 Å². The Kier molecular flexibility index (Phi) is 5.12. The number of hydrogen-bond acceptors (Lipinski definition) is 3. The molecule has 0 aromatic heterocycles. The summed E-state index contributed by atoms with van der Waals surface area (Å²) in [4.78, 5) is 10.7. The van der Waals surface area contributed by atoms with Crippen molar-refractivity contribution in [3.8, 4) is 5.75 Å². The van der Waals surface area contributed by atoms with E-state index in [1.807, 2.05) is 24.3 Å². The highest BCUT2D eigenvalue weighted by Gasteiger charge is 1.97. The van der Waals surface area contributed by atoms with Crippen molar-refractivity contribution >= 4 is 5.97 Å². The number of rotatable bonds is 6. The average molecular weight is 220 g/mol. The van der Waals surface area contributed by atoms with Crippen molar-refractivity contribution in [2.24, 2.45) is 0 Å². The molecule has 0 aliphatic heterocycles. The lowest BCUT2D eigenvalue weighted by molar-refractivity contribution is -0.137. The maximum atomic E-state index is 10.7. The van der Waals surface area contributed by atoms with Crippen LogP contribution in [0.25, 0.3) is 0 Å². The van der Waals surface area contributed by atoms with Gasteiger partial charge in [0.25, 0.3) is 0 Å². The summed E-state index contributed by atoms with van der Waals surface area (Å²) in [6.45, 7) is 3.76. The van der Waals surface area contributed by atoms with E-state index in [0.29, 0.717) is 6.61 Å². The molecule has 0 N–H and O–H groups in total. The topological polar surface area (TPSA) is 35.5 Å². The van der Waals surface area contributed by atoms with E-state index in [9.17, 15) is 4.79 Å². The predicted octanol–water partition coefficient (Wildman–Crippen LogP) is 2.36. The van der Waals surface area contributed by atoms with Gasteiger partial charge >= 0.3 is 5.97 Å². The molecule has 0 aliphatic carbocycles. The number of hydrogen-bond donors (Lipinski definition) is 0. The first kappa shape index (κ1) is 12.3. The third-order valence-corrected chi connectivity index (χ3v) is 2.18. The molecule has 3 heteroatoms. The molecule has 0 amide bonds. The third kappa shape index (κ3) is 4.17. The zero-order chi connectivity index (χ0) is 11.8. The summed E-state index contributed by atoms with van der Waals surface area (Å²) < 4.78 is 9.94. The molecule has 0 aliphatic rings. The van der Waals surface area contributed by atoms with Gasteiger partial charge in [0.05, 0.1) is 13.7 Å². The van der Waals surface area contributed by atoms with Gasteiger partial charge in [-0.25, -0.2) is 4.79 Å². The molecule has 0 radical (unpaired) electrons. The number of carbonyl (C=O) groups is 1. The van der Waals surface area contributed by atoms with Gasteiger partial charge in [0.15, 0.2) is 0 Å². The van der Waals surface area contributed by atoms with E-state index in [2.05, 4.69) is 6.58 Å². The van der Waals surface area contributed by atoms with Crippen LogP contribution in [0.2, 0.25) is 0 Å². The Morgan fingerprint density at radius 3 is 2.62 bits per heavy atom. The molecule has 0 bridgehead atoms. The maximum absolute atomic E-state index is 10.7. The van der Waals surface area contributed by atoms with Gasteiger partial charge < -0.3 is 9.47 Å². The highest BCUT2D eigenvalue weighted by molar-refractivity contribution is 5.81. The molecule has 16 heavy (non-hydrogen) atoms. The first-order chi connectivity index (χ1) is 7.76. The number of aryl methyl sites for hydroxylation is 1. The molecule has 0 saturated heterocycles. The van der Waals surface area contributed by atoms with Crippen LogP contribution in [0.5, 0.6) is 5.75 Å². The van der Waals surface area contributed by atoms with E-state index < -0.39 is 0 Å². The summed E-state index contributed by atoms with van der Waals surface area (Å²) in [5.74, 6) is 0.483. The van der Waals surface area contributed by atoms with Crippen molar-refractivity contribution in [2.75, 3.05) is 13.7 Å². The van der Waals surface area contributed by atoms with Crippen LogP contribution < -0.4 is 4.74 Å². The quantitative estimate of drug-likeness (QED) is 0.419. The summed E-state index contributed by atoms with van der Waals surface area (Å²) in [6, 6.07) is 7.86. The van der Waals surface area contributed by atoms with Gasteiger partial charge in [-0.2, -0.15) is 0 Å². The molecule has 86 valence electrons. The second-order valence-corrected chi connectivity index (χ2v) is 3.32. The van der Waals surface area contributed by atoms with Crippen LogP contribution in [0.15, 0.2) is 36.9 Å². The van der Waals surface area contributed by atoms with Gasteiger partial charge in [0.1, 0.15) is 5.75 Å². The van der Waals surface area contributed by atoms with Crippen LogP contribution in [0.4, 0.5) is 0 Å². The molecule has 0 unspecified atom stereocenters. The lowest BCUT2D eigenvalue weighted by atomic mass is 10.1. The Hall–Kier alpha value is -1.77. The summed E-state index contributed by atoms with van der Waals surface area (Å²) in [5.41, 5.74) is 1.20. The van der Waals surface area contributed by atoms with Crippen molar-refractivity contribution in [1.29, 1.82) is 0 Å². The third-order valence-electron chi connectivity index (χ3n) is 2.18. The maximum Gasteiger partial charge on any atom is 0.330 e. The molecule has 3 nitrogen and oxygen atoms in total. The van der Waals surface area contributed by atoms with Gasteiger partial charge in [-0.1, -0.05) is 18.7 Å². The van der Waals surface area contributed by atoms with Crippen molar-refractivity contribution in [3.63, 3.8) is 0 Å². The fourth-order valence-corrected chi connectivity index (χ4v) is 1.30. The van der Waals surface area contributed by atoms with Crippen LogP contribution in [-0.2, 0) is 16.0 Å². The standard InChI is InChI=1S/C13H16O3/c1-3-13(14)16-10-4-5-11-6-8-12(15-2)9-7-11/h3,6-9H,1,4-5,10H2,2H3. The number of methoxy groups -OCH3 is 1. The molecule has 0 fully saturated rings. The highest BCUT2D eigenvalue weighted by atomic mass is 16.5. The van der Waals surface area contributed by atoms with Gasteiger partial charge in [0.2, 0.25) is 0 Å². The normalized spacial score (nSPS) is 9.56. The Labute approximate surface area is 95.7 Å². The Morgan fingerprint density at radius 2 is 2.06 bits per heavy atom. The van der Waals surface area contributed by atoms with Crippen LogP contribution in [0.1, 0.15) is 12.0 Å². The summed E-state index contributed by atoms with van der Waals surface area (Å²) in [6.07, 6.45) is 2.87. The molecule has 0 atom stereocenters. The second kappa shape index (κ2) is 6.67. The van der Waals surface area contributed by atoms with Gasteiger partial charge in [-0.05, 0) is 30.5 Å². The van der Waals surface area contributed by atoms with Crippen molar-refractivity contribution < 1.29 is 14.3 Å². The molecule has 0 spiro atoms. The lowest BCUT2D eigenvalue weighted by Gasteiger charge is -2.04. The zero-order valence-electron chi connectivity index (χ0n) is 9.44. The van der Waals surface area contributed by atoms with E-state index >= 15 is 0 Å². The van der Waals surface area contributed by atoms with Crippen LogP contribution in [0.3, 0.4) is 0 Å². The fraction of sp³-hybridized carbons (Fsp3) is 0.308. The van der Waals surface area contributed by atoms with Crippen molar-refractivity contribution in [2.45, 2.75) is 12.8 Å². The monoisotopic (exact) mass is 220 g/mol. The van der Waals surface area contributed by atoms with Crippen LogP contribution in [0, 0.1) is 0 Å². The van der Waals surface area contributed by atoms with Crippen molar-refractivity contribution in [3.05, 3.63) is 42.5 Å². The van der Waals surface area contributed by atoms with E-state index in [1.54, 1.807) is 7.11 Å². The predicted molar refractivity (Wildman–Crippen MR) is 62.5 cm³/mol. The highest BCUT2D eigenvalue weighted by Crippen LogP contribution is 2.12. The molecule has 0 saturated carbocycles. The largest absolute Gasteiger partial charge is 0.497 e. The second-order valence-electron chi connectivity index (χ2n) is 3.32. The molecular formula is C13H16O3. The molecule has 1 aromatic carbocycles. The molecular weight excluding hydrogens is 204 g/mol. The first-order valence-corrected chi connectivity index (χ1v) is 5.18. The number of ether oxygens (including phenoxy) is 2. The van der Waals surface area contributed by atoms with E-state index in [4.69, 9.17) is 9.47 Å². The number of benzene rings is 1. The van der Waals surface area contributed by atoms with Gasteiger partial charge in [-0.15, -0.1) is 0 Å². The molecule has 1 rings (SSSR count). The molecule has 1 aromatic rings. The van der Waals surface area contributed by atoms with Crippen molar-refractivity contribution in [1.82, 2.24) is 0 Å². The average Bonchev–Trinajstić information content (AvgIpc) is 2.35. The molecule has 0 heterocycles. The summed E-state index contributed by atoms with van der Waals surface area (Å²) in [5, 5.41) is 0.